The zero-order valence-electron chi connectivity index (χ0n) is 10.9. The van der Waals surface area contributed by atoms with Gasteiger partial charge in [-0.3, -0.25) is 4.79 Å². The van der Waals surface area contributed by atoms with Gasteiger partial charge in [-0.1, -0.05) is 37.0 Å². The van der Waals surface area contributed by atoms with Crippen molar-refractivity contribution in [3.63, 3.8) is 0 Å². The van der Waals surface area contributed by atoms with E-state index in [1.165, 1.54) is 12.1 Å². The minimum Gasteiger partial charge on any atom is -0.480 e. The van der Waals surface area contributed by atoms with Crippen LogP contribution in [0, 0.1) is 9.49 Å². The van der Waals surface area contributed by atoms with E-state index in [1.807, 2.05) is 36.4 Å². The van der Waals surface area contributed by atoms with E-state index in [-0.39, 0.29) is 11.5 Å². The van der Waals surface area contributed by atoms with E-state index < -0.39 is 17.9 Å². The molecule has 0 aliphatic carbocycles. The van der Waals surface area contributed by atoms with Gasteiger partial charge in [0.15, 0.2) is 0 Å². The minimum absolute atomic E-state index is 0.151. The first-order valence-electron chi connectivity index (χ1n) is 5.90. The number of aliphatic carboxylic acids is 1. The summed E-state index contributed by atoms with van der Waals surface area (Å²) < 4.78 is 0.542. The standard InChI is InChI=1S/C13H14Cl2INO3/c1-6(2)3-10(13(19)20)17-12(18)8-4-7(14)5-9(15)11(8)16/h4-6,10H,3H2,1-2H3,(H,17,18)(H,19,20)/t10-/m1/s1. The lowest BCUT2D eigenvalue weighted by Gasteiger charge is -2.17. The van der Waals surface area contributed by atoms with Gasteiger partial charge in [-0.05, 0) is 47.1 Å². The van der Waals surface area contributed by atoms with Crippen molar-refractivity contribution >= 4 is 57.7 Å². The molecule has 4 nitrogen and oxygen atoms in total. The number of rotatable bonds is 5. The maximum atomic E-state index is 12.2. The highest BCUT2D eigenvalue weighted by Crippen LogP contribution is 2.27. The quantitative estimate of drug-likeness (QED) is 0.552. The van der Waals surface area contributed by atoms with E-state index in [4.69, 9.17) is 28.3 Å². The number of carbonyl (C=O) groups is 2. The summed E-state index contributed by atoms with van der Waals surface area (Å²) in [6.07, 6.45) is 0.353. The number of hydrogen-bond donors (Lipinski definition) is 2. The van der Waals surface area contributed by atoms with Crippen LogP contribution in [-0.4, -0.2) is 23.0 Å². The predicted molar refractivity (Wildman–Crippen MR) is 87.5 cm³/mol. The van der Waals surface area contributed by atoms with Crippen molar-refractivity contribution in [3.8, 4) is 0 Å². The second-order valence-electron chi connectivity index (χ2n) is 4.74. The number of carboxylic acid groups (broad SMARTS) is 1. The summed E-state index contributed by atoms with van der Waals surface area (Å²) in [7, 11) is 0. The molecule has 0 aliphatic heterocycles. The first kappa shape index (κ1) is 17.5. The first-order chi connectivity index (χ1) is 9.22. The van der Waals surface area contributed by atoms with Gasteiger partial charge < -0.3 is 10.4 Å². The van der Waals surface area contributed by atoms with Gasteiger partial charge in [0, 0.05) is 8.59 Å². The largest absolute Gasteiger partial charge is 0.480 e. The fraction of sp³-hybridized carbons (Fsp3) is 0.385. The number of amides is 1. The Hall–Kier alpha value is -0.530. The van der Waals surface area contributed by atoms with Crippen LogP contribution in [-0.2, 0) is 4.79 Å². The molecule has 1 aromatic rings. The van der Waals surface area contributed by atoms with E-state index in [0.29, 0.717) is 20.0 Å². The Balaban J connectivity index is 2.97. The second-order valence-corrected chi connectivity index (χ2v) is 6.67. The molecule has 0 radical (unpaired) electrons. The third kappa shape index (κ3) is 4.79. The number of hydrogen-bond acceptors (Lipinski definition) is 2. The van der Waals surface area contributed by atoms with Gasteiger partial charge in [-0.25, -0.2) is 4.79 Å². The molecule has 1 aromatic carbocycles. The van der Waals surface area contributed by atoms with Crippen molar-refractivity contribution < 1.29 is 14.7 Å². The Morgan fingerprint density at radius 1 is 1.35 bits per heavy atom. The lowest BCUT2D eigenvalue weighted by Crippen LogP contribution is -2.41. The molecule has 7 heteroatoms. The van der Waals surface area contributed by atoms with Crippen LogP contribution < -0.4 is 5.32 Å². The molecule has 1 rings (SSSR count). The molecular weight excluding hydrogens is 416 g/mol. The van der Waals surface area contributed by atoms with Gasteiger partial charge in [0.25, 0.3) is 5.91 Å². The molecule has 2 N–H and O–H groups in total. The third-order valence-corrected chi connectivity index (χ3v) is 4.55. The number of benzene rings is 1. The van der Waals surface area contributed by atoms with Gasteiger partial charge in [0.2, 0.25) is 0 Å². The predicted octanol–water partition coefficient (Wildman–Crippen LogP) is 3.83. The first-order valence-corrected chi connectivity index (χ1v) is 7.74. The van der Waals surface area contributed by atoms with Gasteiger partial charge in [0.1, 0.15) is 6.04 Å². The highest BCUT2D eigenvalue weighted by molar-refractivity contribution is 14.1. The normalized spacial score (nSPS) is 12.3. The average Bonchev–Trinajstić information content (AvgIpc) is 2.32. The van der Waals surface area contributed by atoms with Crippen LogP contribution in [0.1, 0.15) is 30.6 Å². The Labute approximate surface area is 141 Å². The van der Waals surface area contributed by atoms with Crippen molar-refractivity contribution in [1.29, 1.82) is 0 Å². The Kier molecular flexibility index (Phi) is 6.54. The number of nitrogens with one attached hydrogen (secondary N) is 1. The highest BCUT2D eigenvalue weighted by atomic mass is 127. The van der Waals surface area contributed by atoms with Crippen LogP contribution >= 0.6 is 45.8 Å². The smallest absolute Gasteiger partial charge is 0.326 e. The second kappa shape index (κ2) is 7.47. The molecule has 0 unspecified atom stereocenters. The number of halogens is 3. The molecule has 0 aliphatic rings. The topological polar surface area (TPSA) is 66.4 Å². The van der Waals surface area contributed by atoms with Crippen LogP contribution in [0.15, 0.2) is 12.1 Å². The van der Waals surface area contributed by atoms with E-state index in [2.05, 4.69) is 5.32 Å². The molecule has 0 aromatic heterocycles. The van der Waals surface area contributed by atoms with Crippen molar-refractivity contribution in [2.24, 2.45) is 5.92 Å². The molecule has 0 saturated carbocycles. The van der Waals surface area contributed by atoms with Crippen molar-refractivity contribution in [1.82, 2.24) is 5.32 Å². The average molecular weight is 430 g/mol. The zero-order valence-corrected chi connectivity index (χ0v) is 14.6. The number of carbonyl (C=O) groups excluding carboxylic acids is 1. The van der Waals surface area contributed by atoms with Crippen LogP contribution in [0.25, 0.3) is 0 Å². The summed E-state index contributed by atoms with van der Waals surface area (Å²) in [5, 5.41) is 12.3. The zero-order chi connectivity index (χ0) is 15.4. The Morgan fingerprint density at radius 2 is 1.95 bits per heavy atom. The van der Waals surface area contributed by atoms with Gasteiger partial charge in [0.05, 0.1) is 10.6 Å². The fourth-order valence-corrected chi connectivity index (χ4v) is 2.70. The molecule has 1 atom stereocenters. The molecule has 0 spiro atoms. The maximum absolute atomic E-state index is 12.2. The van der Waals surface area contributed by atoms with Crippen molar-refractivity contribution in [3.05, 3.63) is 31.3 Å². The molecule has 0 fully saturated rings. The fourth-order valence-electron chi connectivity index (χ4n) is 1.65. The van der Waals surface area contributed by atoms with Gasteiger partial charge in [-0.2, -0.15) is 0 Å². The summed E-state index contributed by atoms with van der Waals surface area (Å²) in [4.78, 5) is 23.3. The van der Waals surface area contributed by atoms with Crippen LogP contribution in [0.5, 0.6) is 0 Å². The number of carboxylic acids is 1. The molecule has 110 valence electrons. The molecule has 20 heavy (non-hydrogen) atoms. The van der Waals surface area contributed by atoms with E-state index in [1.54, 1.807) is 0 Å². The van der Waals surface area contributed by atoms with Crippen LogP contribution in [0.4, 0.5) is 0 Å². The highest BCUT2D eigenvalue weighted by Gasteiger charge is 2.23. The minimum atomic E-state index is -1.06. The van der Waals surface area contributed by atoms with Crippen LogP contribution in [0.3, 0.4) is 0 Å². The maximum Gasteiger partial charge on any atom is 0.326 e. The lowest BCUT2D eigenvalue weighted by atomic mass is 10.0. The van der Waals surface area contributed by atoms with Crippen molar-refractivity contribution in [2.75, 3.05) is 0 Å². The summed E-state index contributed by atoms with van der Waals surface area (Å²) in [6.45, 7) is 3.78. The summed E-state index contributed by atoms with van der Waals surface area (Å²) in [6, 6.07) is 2.07. The Morgan fingerprint density at radius 3 is 2.45 bits per heavy atom. The summed E-state index contributed by atoms with van der Waals surface area (Å²) in [5.74, 6) is -1.40. The van der Waals surface area contributed by atoms with E-state index in [0.717, 1.165) is 0 Å². The summed E-state index contributed by atoms with van der Waals surface area (Å²) in [5.41, 5.74) is 0.276. The van der Waals surface area contributed by atoms with Gasteiger partial charge >= 0.3 is 5.97 Å². The molecular formula is C13H14Cl2INO3. The lowest BCUT2D eigenvalue weighted by molar-refractivity contribution is -0.139. The molecule has 0 bridgehead atoms. The van der Waals surface area contributed by atoms with E-state index in [9.17, 15) is 9.59 Å². The van der Waals surface area contributed by atoms with Gasteiger partial charge in [-0.15, -0.1) is 0 Å². The van der Waals surface area contributed by atoms with Crippen molar-refractivity contribution in [2.45, 2.75) is 26.3 Å². The van der Waals surface area contributed by atoms with Crippen LogP contribution in [0.2, 0.25) is 10.0 Å². The third-order valence-electron chi connectivity index (χ3n) is 2.55. The monoisotopic (exact) mass is 429 g/mol. The Bertz CT molecular complexity index is 535. The molecule has 0 saturated heterocycles. The molecule has 0 heterocycles. The SMILES string of the molecule is CC(C)C[C@@H](NC(=O)c1cc(Cl)cc(Cl)c1I)C(=O)O. The molecule has 1 amide bonds. The van der Waals surface area contributed by atoms with E-state index >= 15 is 0 Å². The summed E-state index contributed by atoms with van der Waals surface area (Å²) >= 11 is 13.8.